The molecule has 6 heteroatoms. The van der Waals surface area contributed by atoms with Crippen LogP contribution in [0.4, 0.5) is 5.69 Å². The van der Waals surface area contributed by atoms with E-state index < -0.39 is 16.0 Å². The van der Waals surface area contributed by atoms with Gasteiger partial charge in [-0.25, -0.2) is 13.2 Å². The van der Waals surface area contributed by atoms with Crippen LogP contribution in [0.1, 0.15) is 15.9 Å². The molecule has 0 saturated carbocycles. The van der Waals surface area contributed by atoms with E-state index in [1.807, 2.05) is 6.92 Å². The lowest BCUT2D eigenvalue weighted by atomic mass is 10.2. The van der Waals surface area contributed by atoms with Crippen LogP contribution < -0.4 is 4.31 Å². The molecule has 5 nitrogen and oxygen atoms in total. The van der Waals surface area contributed by atoms with Gasteiger partial charge in [0.15, 0.2) is 0 Å². The maximum atomic E-state index is 12.9. The van der Waals surface area contributed by atoms with Crippen LogP contribution in [-0.4, -0.2) is 28.0 Å². The van der Waals surface area contributed by atoms with Crippen molar-refractivity contribution in [1.29, 1.82) is 0 Å². The first-order chi connectivity index (χ1) is 11.4. The zero-order valence-corrected chi connectivity index (χ0v) is 14.4. The topological polar surface area (TPSA) is 63.7 Å². The highest BCUT2D eigenvalue weighted by Crippen LogP contribution is 2.24. The van der Waals surface area contributed by atoms with Crippen LogP contribution in [-0.2, 0) is 14.8 Å². The number of hydrogen-bond donors (Lipinski definition) is 0. The van der Waals surface area contributed by atoms with E-state index in [0.717, 1.165) is 5.56 Å². The highest BCUT2D eigenvalue weighted by Gasteiger charge is 2.24. The Labute approximate surface area is 142 Å². The Kier molecular flexibility index (Phi) is 5.41. The lowest BCUT2D eigenvalue weighted by Crippen LogP contribution is -2.31. The van der Waals surface area contributed by atoms with Gasteiger partial charge < -0.3 is 4.74 Å². The van der Waals surface area contributed by atoms with Gasteiger partial charge >= 0.3 is 5.97 Å². The predicted molar refractivity (Wildman–Crippen MR) is 93.7 cm³/mol. The summed E-state index contributed by atoms with van der Waals surface area (Å²) >= 11 is 0. The van der Waals surface area contributed by atoms with Gasteiger partial charge in [0.05, 0.1) is 29.8 Å². The van der Waals surface area contributed by atoms with Gasteiger partial charge in [-0.05, 0) is 43.3 Å². The van der Waals surface area contributed by atoms with Gasteiger partial charge in [-0.1, -0.05) is 23.8 Å². The summed E-state index contributed by atoms with van der Waals surface area (Å²) in [5.74, 6) is -0.474. The first-order valence-corrected chi connectivity index (χ1v) is 8.73. The number of esters is 1. The summed E-state index contributed by atoms with van der Waals surface area (Å²) in [6, 6.07) is 12.8. The standard InChI is InChI=1S/C18H19NO4S/c1-4-13-19(16-9-7-15(8-10-16)18(20)23-3)24(21,22)17-11-5-14(2)6-12-17/h4-12H,1,13H2,2-3H3. The fraction of sp³-hybridized carbons (Fsp3) is 0.167. The van der Waals surface area contributed by atoms with Gasteiger partial charge in [-0.3, -0.25) is 4.31 Å². The second-order valence-electron chi connectivity index (χ2n) is 5.18. The molecule has 126 valence electrons. The Morgan fingerprint density at radius 1 is 1.12 bits per heavy atom. The molecular weight excluding hydrogens is 326 g/mol. The molecule has 24 heavy (non-hydrogen) atoms. The molecule has 0 fully saturated rings. The van der Waals surface area contributed by atoms with Gasteiger partial charge in [0.2, 0.25) is 0 Å². The quantitative estimate of drug-likeness (QED) is 0.596. The van der Waals surface area contributed by atoms with Crippen LogP contribution in [0.2, 0.25) is 0 Å². The van der Waals surface area contributed by atoms with E-state index in [1.165, 1.54) is 29.6 Å². The molecule has 0 atom stereocenters. The first kappa shape index (κ1) is 17.7. The third kappa shape index (κ3) is 3.65. The number of anilines is 1. The number of ether oxygens (including phenoxy) is 1. The SMILES string of the molecule is C=CCN(c1ccc(C(=O)OC)cc1)S(=O)(=O)c1ccc(C)cc1. The molecule has 0 saturated heterocycles. The van der Waals surface area contributed by atoms with Crippen molar-refractivity contribution in [1.82, 2.24) is 0 Å². The van der Waals surface area contributed by atoms with Crippen molar-refractivity contribution in [2.45, 2.75) is 11.8 Å². The molecule has 2 aromatic carbocycles. The van der Waals surface area contributed by atoms with E-state index >= 15 is 0 Å². The van der Waals surface area contributed by atoms with Crippen LogP contribution in [0.3, 0.4) is 0 Å². The first-order valence-electron chi connectivity index (χ1n) is 7.29. The van der Waals surface area contributed by atoms with E-state index in [4.69, 9.17) is 0 Å². The van der Waals surface area contributed by atoms with Gasteiger partial charge in [0, 0.05) is 0 Å². The fourth-order valence-electron chi connectivity index (χ4n) is 2.18. The molecule has 2 rings (SSSR count). The largest absolute Gasteiger partial charge is 0.465 e. The molecule has 0 amide bonds. The summed E-state index contributed by atoms with van der Waals surface area (Å²) in [6.07, 6.45) is 1.51. The van der Waals surface area contributed by atoms with Crippen LogP contribution in [0.5, 0.6) is 0 Å². The number of aryl methyl sites for hydroxylation is 1. The van der Waals surface area contributed by atoms with Crippen LogP contribution in [0, 0.1) is 6.92 Å². The molecule has 2 aromatic rings. The molecular formula is C18H19NO4S. The molecule has 0 unspecified atom stereocenters. The highest BCUT2D eigenvalue weighted by atomic mass is 32.2. The minimum absolute atomic E-state index is 0.119. The van der Waals surface area contributed by atoms with Crippen LogP contribution in [0.15, 0.2) is 66.1 Å². The van der Waals surface area contributed by atoms with Crippen molar-refractivity contribution >= 4 is 21.7 Å². The van der Waals surface area contributed by atoms with Crippen molar-refractivity contribution in [2.24, 2.45) is 0 Å². The van der Waals surface area contributed by atoms with Crippen molar-refractivity contribution in [3.05, 3.63) is 72.3 Å². The molecule has 0 heterocycles. The third-order valence-electron chi connectivity index (χ3n) is 3.48. The molecule has 0 bridgehead atoms. The summed E-state index contributed by atoms with van der Waals surface area (Å²) in [4.78, 5) is 11.7. The average Bonchev–Trinajstić information content (AvgIpc) is 2.59. The van der Waals surface area contributed by atoms with E-state index in [2.05, 4.69) is 11.3 Å². The van der Waals surface area contributed by atoms with E-state index in [9.17, 15) is 13.2 Å². The Balaban J connectivity index is 2.43. The molecule has 0 aliphatic carbocycles. The van der Waals surface area contributed by atoms with Crippen molar-refractivity contribution in [2.75, 3.05) is 18.0 Å². The molecule has 0 aromatic heterocycles. The Morgan fingerprint density at radius 2 is 1.71 bits per heavy atom. The minimum atomic E-state index is -3.73. The van der Waals surface area contributed by atoms with Crippen LogP contribution >= 0.6 is 0 Å². The predicted octanol–water partition coefficient (Wildman–Crippen LogP) is 3.16. The lowest BCUT2D eigenvalue weighted by Gasteiger charge is -2.23. The average molecular weight is 345 g/mol. The second kappa shape index (κ2) is 7.31. The van der Waals surface area contributed by atoms with E-state index in [1.54, 1.807) is 36.4 Å². The summed E-state index contributed by atoms with van der Waals surface area (Å²) in [5, 5.41) is 0. The van der Waals surface area contributed by atoms with Gasteiger partial charge in [-0.15, -0.1) is 6.58 Å². The highest BCUT2D eigenvalue weighted by molar-refractivity contribution is 7.92. The Hall–Kier alpha value is -2.60. The number of methoxy groups -OCH3 is 1. The zero-order chi connectivity index (χ0) is 17.7. The number of sulfonamides is 1. The monoisotopic (exact) mass is 345 g/mol. The fourth-order valence-corrected chi connectivity index (χ4v) is 3.61. The summed E-state index contributed by atoms with van der Waals surface area (Å²) < 4.78 is 31.7. The summed E-state index contributed by atoms with van der Waals surface area (Å²) in [7, 11) is -2.43. The minimum Gasteiger partial charge on any atom is -0.465 e. The molecule has 0 spiro atoms. The lowest BCUT2D eigenvalue weighted by molar-refractivity contribution is 0.0601. The van der Waals surface area contributed by atoms with E-state index in [0.29, 0.717) is 11.3 Å². The molecule has 0 N–H and O–H groups in total. The Morgan fingerprint density at radius 3 is 2.21 bits per heavy atom. The molecule has 0 radical (unpaired) electrons. The summed E-state index contributed by atoms with van der Waals surface area (Å²) in [6.45, 7) is 5.64. The number of carbonyl (C=O) groups excluding carboxylic acids is 1. The van der Waals surface area contributed by atoms with Crippen molar-refractivity contribution in [3.8, 4) is 0 Å². The Bertz CT molecular complexity index is 824. The number of rotatable bonds is 6. The van der Waals surface area contributed by atoms with Gasteiger partial charge in [0.25, 0.3) is 10.0 Å². The van der Waals surface area contributed by atoms with Crippen molar-refractivity contribution < 1.29 is 17.9 Å². The normalized spacial score (nSPS) is 10.9. The van der Waals surface area contributed by atoms with E-state index in [-0.39, 0.29) is 11.4 Å². The smallest absolute Gasteiger partial charge is 0.337 e. The number of nitrogens with zero attached hydrogens (tertiary/aromatic N) is 1. The maximum absolute atomic E-state index is 12.9. The summed E-state index contributed by atoms with van der Waals surface area (Å²) in [5.41, 5.74) is 1.78. The van der Waals surface area contributed by atoms with Gasteiger partial charge in [-0.2, -0.15) is 0 Å². The number of carbonyl (C=O) groups is 1. The third-order valence-corrected chi connectivity index (χ3v) is 5.29. The second-order valence-corrected chi connectivity index (χ2v) is 7.04. The zero-order valence-electron chi connectivity index (χ0n) is 13.6. The maximum Gasteiger partial charge on any atom is 0.337 e. The van der Waals surface area contributed by atoms with Crippen LogP contribution in [0.25, 0.3) is 0 Å². The number of benzene rings is 2. The van der Waals surface area contributed by atoms with Crippen molar-refractivity contribution in [3.63, 3.8) is 0 Å². The molecule has 0 aliphatic rings. The van der Waals surface area contributed by atoms with Gasteiger partial charge in [0.1, 0.15) is 0 Å². The number of hydrogen-bond acceptors (Lipinski definition) is 4. The molecule has 0 aliphatic heterocycles.